The van der Waals surface area contributed by atoms with Gasteiger partial charge in [-0.05, 0) is 56.4 Å². The quantitative estimate of drug-likeness (QED) is 0.0177. The predicted octanol–water partition coefficient (Wildman–Crippen LogP) is -4.18. The number of aliphatic imine (C=N–C) groups is 1. The van der Waals surface area contributed by atoms with Crippen LogP contribution in [0.4, 0.5) is 0 Å². The second kappa shape index (κ2) is 32.4. The van der Waals surface area contributed by atoms with Crippen LogP contribution in [0, 0.1) is 17.8 Å². The van der Waals surface area contributed by atoms with Gasteiger partial charge in [0.25, 0.3) is 0 Å². The van der Waals surface area contributed by atoms with E-state index >= 15 is 0 Å². The summed E-state index contributed by atoms with van der Waals surface area (Å²) in [5.41, 5.74) is 22.4. The first-order valence-electron chi connectivity index (χ1n) is 23.3. The van der Waals surface area contributed by atoms with Crippen LogP contribution in [-0.4, -0.2) is 154 Å². The molecule has 8 amide bonds. The third-order valence-electron chi connectivity index (χ3n) is 11.6. The molecule has 0 saturated carbocycles. The van der Waals surface area contributed by atoms with E-state index < -0.39 is 133 Å². The first kappa shape index (κ1) is 60.6. The Balaban J connectivity index is 3.47. The number of carboxylic acids is 1. The molecule has 0 fully saturated rings. The summed E-state index contributed by atoms with van der Waals surface area (Å²) in [6.45, 7) is 8.88. The fourth-order valence-electron chi connectivity index (χ4n) is 6.71. The van der Waals surface area contributed by atoms with Crippen molar-refractivity contribution in [2.45, 2.75) is 142 Å². The maximum Gasteiger partial charge on any atom is 0.326 e. The summed E-state index contributed by atoms with van der Waals surface area (Å²) < 4.78 is 0. The number of guanidine groups is 1. The lowest BCUT2D eigenvalue weighted by Crippen LogP contribution is -2.61. The second-order valence-corrected chi connectivity index (χ2v) is 16.9. The average Bonchev–Trinajstić information content (AvgIpc) is 3.84. The number of aliphatic carboxylic acids is 1. The highest BCUT2D eigenvalue weighted by atomic mass is 16.4. The lowest BCUT2D eigenvalue weighted by atomic mass is 9.96. The van der Waals surface area contributed by atoms with Gasteiger partial charge >= 0.3 is 5.97 Å². The molecule has 10 atom stereocenters. The number of nitrogens with one attached hydrogen (secondary N) is 9. The molecule has 19 N–H and O–H groups in total. The zero-order valence-corrected chi connectivity index (χ0v) is 40.6. The number of imidazole rings is 1. The summed E-state index contributed by atoms with van der Waals surface area (Å²) in [5, 5.41) is 39.8. The maximum absolute atomic E-state index is 14.3. The molecule has 26 nitrogen and oxygen atoms in total. The number of nitrogens with two attached hydrogens (primary N) is 4. The minimum atomic E-state index is -1.39. The number of hydrogen-bond acceptors (Lipinski definition) is 14. The van der Waals surface area contributed by atoms with Crippen molar-refractivity contribution in [3.05, 3.63) is 18.2 Å². The third-order valence-corrected chi connectivity index (χ3v) is 11.6. The molecule has 0 aliphatic heterocycles. The largest absolute Gasteiger partial charge is 0.480 e. The molecule has 26 heteroatoms. The van der Waals surface area contributed by atoms with Gasteiger partial charge in [-0.3, -0.25) is 43.3 Å². The molecular weight excluding hydrogens is 903 g/mol. The molecule has 0 aliphatic carbocycles. The van der Waals surface area contributed by atoms with Crippen LogP contribution in [0.25, 0.3) is 0 Å². The van der Waals surface area contributed by atoms with Crippen LogP contribution in [0.15, 0.2) is 17.5 Å². The lowest BCUT2D eigenvalue weighted by Gasteiger charge is -2.30. The standard InChI is InChI=1S/C43H77N15O11/c1-7-23(4)33(56-32(61)20-50-36(62)30(21-59)52-31(60)18-45)40(66)55-29(17-26-19-48-22-51-26)39(65)53-27(13-10-11-15-44)37(63)57-34(24(5)8-2)41(67)54-28(14-12-16-49-43(46)47)38(64)58-35(42(68)69)25(6)9-3/h19,22-25,27-30,33-35,59H,7-18,20-21,44-45H2,1-6H3,(H,48,51)(H,50,62)(H,52,60)(H,53,65)(H,54,67)(H,55,66)(H,56,61)(H,57,63)(H,58,64)(H,68,69)(H4,46,47,49)/t23-,24-,25-,27-,28-,29-,30-,33-,34-,35-/m0/s1. The molecule has 1 aromatic rings. The van der Waals surface area contributed by atoms with Gasteiger partial charge in [0, 0.05) is 24.9 Å². The molecule has 0 aliphatic rings. The van der Waals surface area contributed by atoms with Crippen molar-refractivity contribution in [1.82, 2.24) is 52.5 Å². The molecule has 0 saturated heterocycles. The molecule has 0 aromatic carbocycles. The number of aromatic amines is 1. The number of nitrogens with zero attached hydrogens (tertiary/aromatic N) is 2. The van der Waals surface area contributed by atoms with E-state index in [1.54, 1.807) is 41.5 Å². The molecule has 0 bridgehead atoms. The number of rotatable bonds is 34. The van der Waals surface area contributed by atoms with E-state index in [2.05, 4.69) is 57.5 Å². The summed E-state index contributed by atoms with van der Waals surface area (Å²) in [4.78, 5) is 130. The fourth-order valence-corrected chi connectivity index (χ4v) is 6.71. The number of carboxylic acid groups (broad SMARTS) is 1. The van der Waals surface area contributed by atoms with Crippen molar-refractivity contribution in [2.24, 2.45) is 45.7 Å². The number of amides is 8. The third kappa shape index (κ3) is 22.1. The predicted molar refractivity (Wildman–Crippen MR) is 254 cm³/mol. The normalized spacial score (nSPS) is 15.4. The summed E-state index contributed by atoms with van der Waals surface area (Å²) in [6.07, 6.45) is 4.96. The molecule has 1 rings (SSSR count). The van der Waals surface area contributed by atoms with Crippen molar-refractivity contribution < 1.29 is 53.4 Å². The van der Waals surface area contributed by atoms with Crippen LogP contribution >= 0.6 is 0 Å². The van der Waals surface area contributed by atoms with E-state index in [4.69, 9.17) is 22.9 Å². The first-order chi connectivity index (χ1) is 32.7. The van der Waals surface area contributed by atoms with Crippen molar-refractivity contribution in [3.63, 3.8) is 0 Å². The van der Waals surface area contributed by atoms with Crippen LogP contribution in [0.3, 0.4) is 0 Å². The number of aliphatic hydroxyl groups is 1. The Morgan fingerprint density at radius 1 is 0.638 bits per heavy atom. The smallest absolute Gasteiger partial charge is 0.326 e. The maximum atomic E-state index is 14.3. The van der Waals surface area contributed by atoms with E-state index in [9.17, 15) is 53.4 Å². The van der Waals surface area contributed by atoms with E-state index in [0.717, 1.165) is 0 Å². The van der Waals surface area contributed by atoms with Crippen molar-refractivity contribution >= 4 is 59.2 Å². The fraction of sp³-hybridized carbons (Fsp3) is 0.698. The van der Waals surface area contributed by atoms with E-state index in [-0.39, 0.29) is 44.7 Å². The number of unbranched alkanes of at least 4 members (excludes halogenated alkanes) is 1. The van der Waals surface area contributed by atoms with Gasteiger partial charge in [-0.15, -0.1) is 0 Å². The molecule has 0 unspecified atom stereocenters. The van der Waals surface area contributed by atoms with Gasteiger partial charge in [0.1, 0.15) is 42.3 Å². The van der Waals surface area contributed by atoms with Gasteiger partial charge < -0.3 is 80.7 Å². The van der Waals surface area contributed by atoms with Gasteiger partial charge in [0.15, 0.2) is 5.96 Å². The van der Waals surface area contributed by atoms with Gasteiger partial charge in [0.2, 0.25) is 47.3 Å². The number of carbonyl (C=O) groups is 9. The van der Waals surface area contributed by atoms with Crippen LogP contribution in [0.1, 0.15) is 98.6 Å². The lowest BCUT2D eigenvalue weighted by molar-refractivity contribution is -0.144. The Hall–Kier alpha value is -6.41. The van der Waals surface area contributed by atoms with Crippen LogP contribution < -0.4 is 65.5 Å². The number of aliphatic hydroxyl groups excluding tert-OH is 1. The summed E-state index contributed by atoms with van der Waals surface area (Å²) in [7, 11) is 0. The molecule has 0 spiro atoms. The Labute approximate surface area is 402 Å². The molecule has 1 aromatic heterocycles. The minimum absolute atomic E-state index is 0.00325. The number of carbonyl (C=O) groups excluding carboxylic acids is 8. The zero-order chi connectivity index (χ0) is 52.2. The molecule has 390 valence electrons. The summed E-state index contributed by atoms with van der Waals surface area (Å²) in [5.74, 6) is -9.18. The Bertz CT molecular complexity index is 1850. The number of H-pyrrole nitrogens is 1. The van der Waals surface area contributed by atoms with Crippen molar-refractivity contribution in [1.29, 1.82) is 0 Å². The first-order valence-corrected chi connectivity index (χ1v) is 23.3. The van der Waals surface area contributed by atoms with Gasteiger partial charge in [-0.2, -0.15) is 0 Å². The SMILES string of the molecule is CC[C@H](C)[C@H](NC(=O)[C@H](CCCN=C(N)N)NC(=O)[C@@H](NC(=O)[C@H](CCCCN)NC(=O)[C@H](Cc1cnc[nH]1)NC(=O)[C@@H](NC(=O)CNC(=O)[C@H](CO)NC(=O)CN)[C@@H](C)CC)[C@@H](C)CC)C(=O)O. The Kier molecular flexibility index (Phi) is 28.4. The monoisotopic (exact) mass is 980 g/mol. The molecule has 69 heavy (non-hydrogen) atoms. The van der Waals surface area contributed by atoms with Crippen molar-refractivity contribution in [2.75, 3.05) is 32.8 Å². The Morgan fingerprint density at radius 2 is 1.14 bits per heavy atom. The van der Waals surface area contributed by atoms with Crippen LogP contribution in [-0.2, 0) is 49.6 Å². The van der Waals surface area contributed by atoms with Gasteiger partial charge in [-0.1, -0.05) is 60.8 Å². The van der Waals surface area contributed by atoms with E-state index in [1.165, 1.54) is 12.5 Å². The highest BCUT2D eigenvalue weighted by Crippen LogP contribution is 2.14. The van der Waals surface area contributed by atoms with Crippen LogP contribution in [0.5, 0.6) is 0 Å². The Morgan fingerprint density at radius 3 is 1.64 bits per heavy atom. The summed E-state index contributed by atoms with van der Waals surface area (Å²) >= 11 is 0. The second-order valence-electron chi connectivity index (χ2n) is 16.9. The van der Waals surface area contributed by atoms with Gasteiger partial charge in [-0.25, -0.2) is 9.78 Å². The topological polar surface area (TPSA) is 435 Å². The van der Waals surface area contributed by atoms with E-state index in [0.29, 0.717) is 37.8 Å². The molecular formula is C43H77N15O11. The highest BCUT2D eigenvalue weighted by molar-refractivity contribution is 5.97. The highest BCUT2D eigenvalue weighted by Gasteiger charge is 2.36. The number of hydrogen-bond donors (Lipinski definition) is 15. The molecule has 1 heterocycles. The average molecular weight is 980 g/mol. The summed E-state index contributed by atoms with van der Waals surface area (Å²) in [6, 6.07) is -9.02. The minimum Gasteiger partial charge on any atom is -0.480 e. The van der Waals surface area contributed by atoms with Crippen molar-refractivity contribution in [3.8, 4) is 0 Å². The van der Waals surface area contributed by atoms with Crippen LogP contribution in [0.2, 0.25) is 0 Å². The van der Waals surface area contributed by atoms with Gasteiger partial charge in [0.05, 0.1) is 26.0 Å². The van der Waals surface area contributed by atoms with E-state index in [1.807, 2.05) is 0 Å². The zero-order valence-electron chi connectivity index (χ0n) is 40.6. The number of aromatic nitrogens is 2. The molecule has 0 radical (unpaired) electrons.